The van der Waals surface area contributed by atoms with Crippen molar-refractivity contribution in [2.24, 2.45) is 5.73 Å². The van der Waals surface area contributed by atoms with Crippen molar-refractivity contribution in [1.82, 2.24) is 9.80 Å². The van der Waals surface area contributed by atoms with Crippen LogP contribution in [0.5, 0.6) is 0 Å². The van der Waals surface area contributed by atoms with E-state index in [2.05, 4.69) is 0 Å². The van der Waals surface area contributed by atoms with E-state index in [1.54, 1.807) is 11.8 Å². The van der Waals surface area contributed by atoms with Gasteiger partial charge in [-0.05, 0) is 37.1 Å². The van der Waals surface area contributed by atoms with Crippen LogP contribution in [0.15, 0.2) is 24.3 Å². The van der Waals surface area contributed by atoms with E-state index in [1.807, 2.05) is 29.2 Å². The molecule has 0 atom stereocenters. The van der Waals surface area contributed by atoms with Gasteiger partial charge in [-0.3, -0.25) is 9.59 Å². The highest BCUT2D eigenvalue weighted by Crippen LogP contribution is 2.11. The van der Waals surface area contributed by atoms with Crippen molar-refractivity contribution in [3.8, 4) is 0 Å². The molecular formula is C16H23N3O2. The van der Waals surface area contributed by atoms with Gasteiger partial charge in [-0.15, -0.1) is 0 Å². The summed E-state index contributed by atoms with van der Waals surface area (Å²) < 4.78 is 0. The third kappa shape index (κ3) is 4.04. The summed E-state index contributed by atoms with van der Waals surface area (Å²) in [6, 6.07) is 7.64. The number of rotatable bonds is 3. The molecule has 2 N–H and O–H groups in total. The van der Waals surface area contributed by atoms with Crippen LogP contribution < -0.4 is 5.73 Å². The fourth-order valence-electron chi connectivity index (χ4n) is 2.60. The first kappa shape index (κ1) is 15.5. The van der Waals surface area contributed by atoms with Crippen LogP contribution in [0.25, 0.3) is 0 Å². The molecule has 0 radical (unpaired) electrons. The Morgan fingerprint density at radius 3 is 2.29 bits per heavy atom. The standard InChI is InChI=1S/C16H23N3O2/c1-13(20)18-9-2-10-19(12-11-18)16(21)15-5-3-14(4-6-15)7-8-17/h3-6H,2,7-12,17H2,1H3. The van der Waals surface area contributed by atoms with Crippen LogP contribution in [0.1, 0.15) is 29.3 Å². The van der Waals surface area contributed by atoms with Crippen molar-refractivity contribution in [1.29, 1.82) is 0 Å². The molecule has 0 aliphatic carbocycles. The van der Waals surface area contributed by atoms with E-state index in [0.29, 0.717) is 31.7 Å². The average Bonchev–Trinajstić information content (AvgIpc) is 2.73. The topological polar surface area (TPSA) is 66.6 Å². The number of amides is 2. The van der Waals surface area contributed by atoms with Crippen molar-refractivity contribution >= 4 is 11.8 Å². The van der Waals surface area contributed by atoms with Crippen molar-refractivity contribution in [3.63, 3.8) is 0 Å². The lowest BCUT2D eigenvalue weighted by Gasteiger charge is -2.21. The summed E-state index contributed by atoms with van der Waals surface area (Å²) in [5.41, 5.74) is 7.37. The van der Waals surface area contributed by atoms with E-state index < -0.39 is 0 Å². The molecule has 1 aromatic carbocycles. The van der Waals surface area contributed by atoms with E-state index in [0.717, 1.165) is 24.9 Å². The number of benzene rings is 1. The Labute approximate surface area is 125 Å². The second-order valence-electron chi connectivity index (χ2n) is 5.39. The molecule has 5 nitrogen and oxygen atoms in total. The Kier molecular flexibility index (Phi) is 5.33. The van der Waals surface area contributed by atoms with Crippen molar-refractivity contribution < 1.29 is 9.59 Å². The number of nitrogens with zero attached hydrogens (tertiary/aromatic N) is 2. The van der Waals surface area contributed by atoms with Crippen LogP contribution in [0.2, 0.25) is 0 Å². The molecule has 1 aliphatic heterocycles. The number of hydrogen-bond acceptors (Lipinski definition) is 3. The molecule has 0 saturated carbocycles. The molecule has 2 amide bonds. The summed E-state index contributed by atoms with van der Waals surface area (Å²) in [4.78, 5) is 27.5. The van der Waals surface area contributed by atoms with E-state index in [9.17, 15) is 9.59 Å². The predicted octanol–water partition coefficient (Wildman–Crippen LogP) is 0.882. The molecule has 0 spiro atoms. The van der Waals surface area contributed by atoms with Gasteiger partial charge in [0.15, 0.2) is 0 Å². The van der Waals surface area contributed by atoms with Gasteiger partial charge in [-0.2, -0.15) is 0 Å². The highest BCUT2D eigenvalue weighted by Gasteiger charge is 2.21. The molecule has 2 rings (SSSR count). The summed E-state index contributed by atoms with van der Waals surface area (Å²) in [5.74, 6) is 0.120. The minimum absolute atomic E-state index is 0.0414. The number of carbonyl (C=O) groups excluding carboxylic acids is 2. The lowest BCUT2D eigenvalue weighted by Crippen LogP contribution is -2.36. The number of nitrogens with two attached hydrogens (primary N) is 1. The van der Waals surface area contributed by atoms with Gasteiger partial charge in [-0.1, -0.05) is 12.1 Å². The summed E-state index contributed by atoms with van der Waals surface area (Å²) in [6.45, 7) is 4.84. The molecule has 114 valence electrons. The minimum atomic E-state index is 0.0414. The van der Waals surface area contributed by atoms with Crippen LogP contribution in [0, 0.1) is 0 Å². The van der Waals surface area contributed by atoms with Crippen LogP contribution >= 0.6 is 0 Å². The van der Waals surface area contributed by atoms with Gasteiger partial charge in [0.2, 0.25) is 5.91 Å². The van der Waals surface area contributed by atoms with E-state index in [1.165, 1.54) is 0 Å². The maximum absolute atomic E-state index is 12.5. The zero-order chi connectivity index (χ0) is 15.2. The Balaban J connectivity index is 2.00. The fraction of sp³-hybridized carbons (Fsp3) is 0.500. The highest BCUT2D eigenvalue weighted by molar-refractivity contribution is 5.94. The van der Waals surface area contributed by atoms with Gasteiger partial charge in [0, 0.05) is 38.7 Å². The first-order valence-corrected chi connectivity index (χ1v) is 7.45. The van der Waals surface area contributed by atoms with E-state index in [4.69, 9.17) is 5.73 Å². The second kappa shape index (κ2) is 7.22. The molecule has 1 saturated heterocycles. The van der Waals surface area contributed by atoms with Crippen LogP contribution in [-0.2, 0) is 11.2 Å². The normalized spacial score (nSPS) is 15.7. The molecule has 1 fully saturated rings. The smallest absolute Gasteiger partial charge is 0.253 e. The van der Waals surface area contributed by atoms with E-state index >= 15 is 0 Å². The zero-order valence-corrected chi connectivity index (χ0v) is 12.5. The fourth-order valence-corrected chi connectivity index (χ4v) is 2.60. The summed E-state index contributed by atoms with van der Waals surface area (Å²) in [5, 5.41) is 0. The van der Waals surface area contributed by atoms with Crippen molar-refractivity contribution in [3.05, 3.63) is 35.4 Å². The molecule has 0 aromatic heterocycles. The highest BCUT2D eigenvalue weighted by atomic mass is 16.2. The minimum Gasteiger partial charge on any atom is -0.341 e. The quantitative estimate of drug-likeness (QED) is 0.898. The molecule has 0 bridgehead atoms. The molecular weight excluding hydrogens is 266 g/mol. The Morgan fingerprint density at radius 1 is 1.05 bits per heavy atom. The Bertz CT molecular complexity index is 499. The predicted molar refractivity (Wildman–Crippen MR) is 82.0 cm³/mol. The van der Waals surface area contributed by atoms with Gasteiger partial charge in [0.1, 0.15) is 0 Å². The first-order chi connectivity index (χ1) is 10.1. The van der Waals surface area contributed by atoms with Gasteiger partial charge < -0.3 is 15.5 Å². The lowest BCUT2D eigenvalue weighted by atomic mass is 10.1. The maximum Gasteiger partial charge on any atom is 0.253 e. The maximum atomic E-state index is 12.5. The Hall–Kier alpha value is -1.88. The molecule has 1 aromatic rings. The second-order valence-corrected chi connectivity index (χ2v) is 5.39. The monoisotopic (exact) mass is 289 g/mol. The summed E-state index contributed by atoms with van der Waals surface area (Å²) >= 11 is 0. The molecule has 5 heteroatoms. The van der Waals surface area contributed by atoms with Gasteiger partial charge in [0.05, 0.1) is 0 Å². The Morgan fingerprint density at radius 2 is 1.67 bits per heavy atom. The lowest BCUT2D eigenvalue weighted by molar-refractivity contribution is -0.128. The van der Waals surface area contributed by atoms with Crippen molar-refractivity contribution in [2.45, 2.75) is 19.8 Å². The molecule has 0 unspecified atom stereocenters. The van der Waals surface area contributed by atoms with Gasteiger partial charge in [-0.25, -0.2) is 0 Å². The van der Waals surface area contributed by atoms with Crippen molar-refractivity contribution in [2.75, 3.05) is 32.7 Å². The summed E-state index contributed by atoms with van der Waals surface area (Å²) in [6.07, 6.45) is 1.66. The average molecular weight is 289 g/mol. The van der Waals surface area contributed by atoms with Gasteiger partial charge >= 0.3 is 0 Å². The SMILES string of the molecule is CC(=O)N1CCCN(C(=O)c2ccc(CCN)cc2)CC1. The van der Waals surface area contributed by atoms with Crippen LogP contribution in [0.3, 0.4) is 0 Å². The molecule has 21 heavy (non-hydrogen) atoms. The third-order valence-electron chi connectivity index (χ3n) is 3.86. The van der Waals surface area contributed by atoms with Gasteiger partial charge in [0.25, 0.3) is 5.91 Å². The van der Waals surface area contributed by atoms with Crippen LogP contribution in [0.4, 0.5) is 0 Å². The number of hydrogen-bond donors (Lipinski definition) is 1. The zero-order valence-electron chi connectivity index (χ0n) is 12.5. The molecule has 1 aliphatic rings. The van der Waals surface area contributed by atoms with E-state index in [-0.39, 0.29) is 11.8 Å². The largest absolute Gasteiger partial charge is 0.341 e. The first-order valence-electron chi connectivity index (χ1n) is 7.45. The summed E-state index contributed by atoms with van der Waals surface area (Å²) in [7, 11) is 0. The molecule has 1 heterocycles. The number of carbonyl (C=O) groups is 2. The third-order valence-corrected chi connectivity index (χ3v) is 3.86. The van der Waals surface area contributed by atoms with Crippen LogP contribution in [-0.4, -0.2) is 54.3 Å².